The molecule has 0 heterocycles. The summed E-state index contributed by atoms with van der Waals surface area (Å²) in [6, 6.07) is 12.6. The maximum absolute atomic E-state index is 13.3. The van der Waals surface area contributed by atoms with Crippen molar-refractivity contribution in [3.05, 3.63) is 63.9 Å². The van der Waals surface area contributed by atoms with Gasteiger partial charge in [0.25, 0.3) is 0 Å². The van der Waals surface area contributed by atoms with Crippen molar-refractivity contribution in [3.63, 3.8) is 0 Å². The van der Waals surface area contributed by atoms with E-state index in [1.54, 1.807) is 19.2 Å². The van der Waals surface area contributed by atoms with Crippen LogP contribution < -0.4 is 10.5 Å². The molecule has 0 aliphatic carbocycles. The van der Waals surface area contributed by atoms with E-state index in [4.69, 9.17) is 10.5 Å². The largest absolute Gasteiger partial charge is 0.497 e. The maximum atomic E-state index is 13.3. The molecule has 1 atom stereocenters. The highest BCUT2D eigenvalue weighted by Gasteiger charge is 2.12. The molecule has 0 radical (unpaired) electrons. The van der Waals surface area contributed by atoms with Crippen molar-refractivity contribution in [1.29, 1.82) is 0 Å². The minimum Gasteiger partial charge on any atom is -0.497 e. The van der Waals surface area contributed by atoms with Crippen molar-refractivity contribution < 1.29 is 9.13 Å². The zero-order chi connectivity index (χ0) is 15.2. The molecular formula is C17H19BrFNO. The van der Waals surface area contributed by atoms with Gasteiger partial charge in [0, 0.05) is 4.47 Å². The van der Waals surface area contributed by atoms with Crippen LogP contribution in [0.1, 0.15) is 11.1 Å². The Kier molecular flexibility index (Phi) is 5.76. The second-order valence-corrected chi connectivity index (χ2v) is 5.95. The molecule has 2 aromatic rings. The van der Waals surface area contributed by atoms with Gasteiger partial charge in [0.1, 0.15) is 11.6 Å². The molecule has 0 aliphatic heterocycles. The first-order valence-corrected chi connectivity index (χ1v) is 7.68. The van der Waals surface area contributed by atoms with Gasteiger partial charge < -0.3 is 10.5 Å². The number of hydrogen-bond donors (Lipinski definition) is 1. The molecule has 0 aromatic heterocycles. The van der Waals surface area contributed by atoms with Gasteiger partial charge in [-0.1, -0.05) is 28.1 Å². The molecule has 112 valence electrons. The van der Waals surface area contributed by atoms with Gasteiger partial charge in [-0.2, -0.15) is 0 Å². The summed E-state index contributed by atoms with van der Waals surface area (Å²) in [5.74, 6) is 0.885. The molecule has 0 aliphatic rings. The van der Waals surface area contributed by atoms with E-state index in [0.29, 0.717) is 6.54 Å². The predicted octanol–water partition coefficient (Wildman–Crippen LogP) is 3.96. The zero-order valence-corrected chi connectivity index (χ0v) is 13.6. The Balaban J connectivity index is 2.12. The van der Waals surface area contributed by atoms with Gasteiger partial charge in [0.15, 0.2) is 0 Å². The Morgan fingerprint density at radius 3 is 2.67 bits per heavy atom. The molecule has 21 heavy (non-hydrogen) atoms. The Morgan fingerprint density at radius 1 is 1.19 bits per heavy atom. The number of rotatable bonds is 6. The summed E-state index contributed by atoms with van der Waals surface area (Å²) >= 11 is 3.56. The highest BCUT2D eigenvalue weighted by atomic mass is 79.9. The summed E-state index contributed by atoms with van der Waals surface area (Å²) in [6.07, 6.45) is 1.59. The van der Waals surface area contributed by atoms with Crippen molar-refractivity contribution >= 4 is 15.9 Å². The standard InChI is InChI=1S/C17H19BrFNO/c1-21-16-5-6-17(18)14(10-16)8-13(11-20)7-12-3-2-4-15(19)9-12/h2-6,9-10,13H,7-8,11,20H2,1H3. The van der Waals surface area contributed by atoms with E-state index >= 15 is 0 Å². The van der Waals surface area contributed by atoms with E-state index in [1.165, 1.54) is 6.07 Å². The first kappa shape index (κ1) is 16.0. The molecule has 2 N–H and O–H groups in total. The van der Waals surface area contributed by atoms with Crippen molar-refractivity contribution in [3.8, 4) is 5.75 Å². The first-order valence-electron chi connectivity index (χ1n) is 6.89. The van der Waals surface area contributed by atoms with Crippen LogP contribution in [0.5, 0.6) is 5.75 Å². The van der Waals surface area contributed by atoms with Gasteiger partial charge in [-0.25, -0.2) is 4.39 Å². The number of nitrogens with two attached hydrogens (primary N) is 1. The number of halogens is 2. The quantitative estimate of drug-likeness (QED) is 0.854. The van der Waals surface area contributed by atoms with Gasteiger partial charge in [0.05, 0.1) is 7.11 Å². The third kappa shape index (κ3) is 4.55. The van der Waals surface area contributed by atoms with Gasteiger partial charge in [-0.3, -0.25) is 0 Å². The van der Waals surface area contributed by atoms with Crippen LogP contribution in [0.25, 0.3) is 0 Å². The molecule has 0 saturated heterocycles. The lowest BCUT2D eigenvalue weighted by atomic mass is 9.92. The van der Waals surface area contributed by atoms with Crippen molar-refractivity contribution in [2.75, 3.05) is 13.7 Å². The minimum absolute atomic E-state index is 0.203. The summed E-state index contributed by atoms with van der Waals surface area (Å²) in [4.78, 5) is 0. The van der Waals surface area contributed by atoms with Crippen LogP contribution in [0.2, 0.25) is 0 Å². The Hall–Kier alpha value is -1.39. The smallest absolute Gasteiger partial charge is 0.123 e. The highest BCUT2D eigenvalue weighted by molar-refractivity contribution is 9.10. The third-order valence-corrected chi connectivity index (χ3v) is 4.28. The molecular weight excluding hydrogens is 333 g/mol. The number of hydrogen-bond acceptors (Lipinski definition) is 2. The van der Waals surface area contributed by atoms with Crippen LogP contribution in [-0.4, -0.2) is 13.7 Å². The maximum Gasteiger partial charge on any atom is 0.123 e. The average Bonchev–Trinajstić information content (AvgIpc) is 2.48. The lowest BCUT2D eigenvalue weighted by Gasteiger charge is -2.16. The molecule has 2 nitrogen and oxygen atoms in total. The third-order valence-electron chi connectivity index (χ3n) is 3.51. The Morgan fingerprint density at radius 2 is 2.00 bits per heavy atom. The first-order chi connectivity index (χ1) is 10.1. The SMILES string of the molecule is COc1ccc(Br)c(CC(CN)Cc2cccc(F)c2)c1. The van der Waals surface area contributed by atoms with E-state index in [-0.39, 0.29) is 11.7 Å². The van der Waals surface area contributed by atoms with Crippen LogP contribution in [0.3, 0.4) is 0 Å². The van der Waals surface area contributed by atoms with Crippen LogP contribution in [0.4, 0.5) is 4.39 Å². The zero-order valence-electron chi connectivity index (χ0n) is 12.0. The van der Waals surface area contributed by atoms with Crippen LogP contribution >= 0.6 is 15.9 Å². The van der Waals surface area contributed by atoms with E-state index in [0.717, 1.165) is 34.2 Å². The number of ether oxygens (including phenoxy) is 1. The minimum atomic E-state index is -0.203. The summed E-state index contributed by atoms with van der Waals surface area (Å²) in [7, 11) is 1.65. The Labute approximate surface area is 133 Å². The van der Waals surface area contributed by atoms with Gasteiger partial charge >= 0.3 is 0 Å². The molecule has 0 spiro atoms. The molecule has 2 aromatic carbocycles. The summed E-state index contributed by atoms with van der Waals surface area (Å²) in [5.41, 5.74) is 8.02. The monoisotopic (exact) mass is 351 g/mol. The van der Waals surface area contributed by atoms with Gasteiger partial charge in [-0.05, 0) is 66.8 Å². The molecule has 0 amide bonds. The molecule has 0 fully saturated rings. The van der Waals surface area contributed by atoms with Crippen LogP contribution in [-0.2, 0) is 12.8 Å². The molecule has 4 heteroatoms. The van der Waals surface area contributed by atoms with Gasteiger partial charge in [0.2, 0.25) is 0 Å². The lowest BCUT2D eigenvalue weighted by Crippen LogP contribution is -2.19. The fraction of sp³-hybridized carbons (Fsp3) is 0.294. The predicted molar refractivity (Wildman–Crippen MR) is 87.0 cm³/mol. The van der Waals surface area contributed by atoms with E-state index in [9.17, 15) is 4.39 Å². The normalized spacial score (nSPS) is 12.2. The van der Waals surface area contributed by atoms with E-state index in [2.05, 4.69) is 15.9 Å². The molecule has 1 unspecified atom stereocenters. The van der Waals surface area contributed by atoms with Crippen molar-refractivity contribution in [1.82, 2.24) is 0 Å². The molecule has 0 saturated carbocycles. The summed E-state index contributed by atoms with van der Waals surface area (Å²) in [6.45, 7) is 0.556. The average molecular weight is 352 g/mol. The van der Waals surface area contributed by atoms with Gasteiger partial charge in [-0.15, -0.1) is 0 Å². The fourth-order valence-corrected chi connectivity index (χ4v) is 2.79. The van der Waals surface area contributed by atoms with Crippen LogP contribution in [0.15, 0.2) is 46.9 Å². The van der Waals surface area contributed by atoms with Crippen molar-refractivity contribution in [2.24, 2.45) is 11.7 Å². The number of benzene rings is 2. The summed E-state index contributed by atoms with van der Waals surface area (Å²) < 4.78 is 19.6. The van der Waals surface area contributed by atoms with E-state index in [1.807, 2.05) is 24.3 Å². The van der Waals surface area contributed by atoms with Crippen LogP contribution in [0, 0.1) is 11.7 Å². The number of methoxy groups -OCH3 is 1. The van der Waals surface area contributed by atoms with Crippen molar-refractivity contribution in [2.45, 2.75) is 12.8 Å². The summed E-state index contributed by atoms with van der Waals surface area (Å²) in [5, 5.41) is 0. The highest BCUT2D eigenvalue weighted by Crippen LogP contribution is 2.26. The second kappa shape index (κ2) is 7.57. The lowest BCUT2D eigenvalue weighted by molar-refractivity contribution is 0.413. The fourth-order valence-electron chi connectivity index (χ4n) is 2.38. The van der Waals surface area contributed by atoms with E-state index < -0.39 is 0 Å². The Bertz CT molecular complexity index is 603. The molecule has 2 rings (SSSR count). The topological polar surface area (TPSA) is 35.2 Å². The molecule has 0 bridgehead atoms. The second-order valence-electron chi connectivity index (χ2n) is 5.10.